The Bertz CT molecular complexity index is 579. The van der Waals surface area contributed by atoms with Gasteiger partial charge in [-0.3, -0.25) is 0 Å². The maximum Gasteiger partial charge on any atom is 0.208 e. The van der Waals surface area contributed by atoms with E-state index in [-0.39, 0.29) is 6.10 Å². The molecule has 0 spiro atoms. The van der Waals surface area contributed by atoms with Crippen LogP contribution in [0.1, 0.15) is 31.1 Å². The number of aromatic nitrogens is 1. The molecule has 1 N–H and O–H groups in total. The summed E-state index contributed by atoms with van der Waals surface area (Å²) in [4.78, 5) is 4.15. The highest BCUT2D eigenvalue weighted by Gasteiger charge is 2.08. The molecule has 1 aromatic carbocycles. The topological polar surface area (TPSA) is 56.5 Å². The summed E-state index contributed by atoms with van der Waals surface area (Å²) in [5.74, 6) is 3.03. The summed E-state index contributed by atoms with van der Waals surface area (Å²) in [7, 11) is 1.65. The average molecular weight is 290 g/mol. The molecular formula is C16H22N2O3. The van der Waals surface area contributed by atoms with Crippen molar-refractivity contribution in [3.05, 3.63) is 41.6 Å². The lowest BCUT2D eigenvalue weighted by atomic mass is 10.2. The van der Waals surface area contributed by atoms with E-state index in [1.807, 2.05) is 39.0 Å². The van der Waals surface area contributed by atoms with Gasteiger partial charge in [0, 0.05) is 6.54 Å². The van der Waals surface area contributed by atoms with Crippen LogP contribution in [0.3, 0.4) is 0 Å². The smallest absolute Gasteiger partial charge is 0.208 e. The van der Waals surface area contributed by atoms with Crippen LogP contribution in [0.25, 0.3) is 0 Å². The molecule has 0 aliphatic rings. The number of rotatable bonds is 7. The van der Waals surface area contributed by atoms with Gasteiger partial charge in [-0.05, 0) is 38.5 Å². The summed E-state index contributed by atoms with van der Waals surface area (Å²) in [5.41, 5.74) is 1.12. The minimum absolute atomic E-state index is 0.121. The molecule has 5 heteroatoms. The molecule has 1 heterocycles. The van der Waals surface area contributed by atoms with Gasteiger partial charge in [-0.1, -0.05) is 6.07 Å². The van der Waals surface area contributed by atoms with Crippen LogP contribution in [0.5, 0.6) is 11.5 Å². The molecule has 1 aromatic heterocycles. The second-order valence-electron chi connectivity index (χ2n) is 5.12. The Hall–Kier alpha value is -2.01. The molecule has 5 nitrogen and oxygen atoms in total. The molecule has 0 aliphatic carbocycles. The number of hydrogen-bond acceptors (Lipinski definition) is 5. The molecule has 2 aromatic rings. The molecular weight excluding hydrogens is 268 g/mol. The Balaban J connectivity index is 1.94. The van der Waals surface area contributed by atoms with Crippen LogP contribution in [0.2, 0.25) is 0 Å². The highest BCUT2D eigenvalue weighted by molar-refractivity contribution is 5.43. The molecule has 0 saturated heterocycles. The number of nitrogens with one attached hydrogen (secondary N) is 1. The monoisotopic (exact) mass is 290 g/mol. The fourth-order valence-corrected chi connectivity index (χ4v) is 1.97. The molecule has 0 radical (unpaired) electrons. The first kappa shape index (κ1) is 15.4. The fraction of sp³-hybridized carbons (Fsp3) is 0.438. The van der Waals surface area contributed by atoms with Crippen molar-refractivity contribution in [2.75, 3.05) is 7.11 Å². The molecule has 0 unspecified atom stereocenters. The molecule has 0 atom stereocenters. The summed E-state index contributed by atoms with van der Waals surface area (Å²) < 4.78 is 16.5. The summed E-state index contributed by atoms with van der Waals surface area (Å²) >= 11 is 0. The lowest BCUT2D eigenvalue weighted by Crippen LogP contribution is -2.13. The van der Waals surface area contributed by atoms with E-state index < -0.39 is 0 Å². The second-order valence-corrected chi connectivity index (χ2v) is 5.12. The Kier molecular flexibility index (Phi) is 5.22. The van der Waals surface area contributed by atoms with E-state index in [1.54, 1.807) is 13.3 Å². The molecule has 0 fully saturated rings. The first-order valence-corrected chi connectivity index (χ1v) is 7.04. The van der Waals surface area contributed by atoms with E-state index in [0.29, 0.717) is 19.0 Å². The first-order valence-electron chi connectivity index (χ1n) is 7.04. The van der Waals surface area contributed by atoms with Gasteiger partial charge in [0.15, 0.2) is 11.5 Å². The average Bonchev–Trinajstić information content (AvgIpc) is 2.85. The Morgan fingerprint density at radius 3 is 2.67 bits per heavy atom. The van der Waals surface area contributed by atoms with E-state index in [2.05, 4.69) is 10.3 Å². The van der Waals surface area contributed by atoms with Gasteiger partial charge < -0.3 is 19.2 Å². The quantitative estimate of drug-likeness (QED) is 0.849. The lowest BCUT2D eigenvalue weighted by Gasteiger charge is -2.14. The predicted octanol–water partition coefficient (Wildman–Crippen LogP) is 3.07. The van der Waals surface area contributed by atoms with Crippen LogP contribution in [0.4, 0.5) is 0 Å². The number of oxazole rings is 1. The highest BCUT2D eigenvalue weighted by atomic mass is 16.5. The normalized spacial score (nSPS) is 10.9. The Morgan fingerprint density at radius 2 is 2.05 bits per heavy atom. The van der Waals surface area contributed by atoms with E-state index in [0.717, 1.165) is 22.8 Å². The zero-order chi connectivity index (χ0) is 15.2. The largest absolute Gasteiger partial charge is 0.493 e. The van der Waals surface area contributed by atoms with Crippen molar-refractivity contribution in [1.29, 1.82) is 0 Å². The van der Waals surface area contributed by atoms with Crippen molar-refractivity contribution >= 4 is 0 Å². The number of benzene rings is 1. The van der Waals surface area contributed by atoms with Crippen molar-refractivity contribution in [1.82, 2.24) is 10.3 Å². The van der Waals surface area contributed by atoms with E-state index in [4.69, 9.17) is 13.9 Å². The molecule has 0 aliphatic heterocycles. The second kappa shape index (κ2) is 7.13. The van der Waals surface area contributed by atoms with Gasteiger partial charge in [-0.2, -0.15) is 0 Å². The number of nitrogens with zero attached hydrogens (tertiary/aromatic N) is 1. The van der Waals surface area contributed by atoms with Gasteiger partial charge in [-0.15, -0.1) is 0 Å². The minimum Gasteiger partial charge on any atom is -0.493 e. The van der Waals surface area contributed by atoms with Gasteiger partial charge in [-0.25, -0.2) is 4.98 Å². The van der Waals surface area contributed by atoms with Crippen LogP contribution in [-0.2, 0) is 13.1 Å². The maximum atomic E-state index is 5.70. The van der Waals surface area contributed by atoms with Crippen LogP contribution in [0.15, 0.2) is 28.8 Å². The summed E-state index contributed by atoms with van der Waals surface area (Å²) in [6.07, 6.45) is 1.84. The predicted molar refractivity (Wildman–Crippen MR) is 80.5 cm³/mol. The van der Waals surface area contributed by atoms with E-state index >= 15 is 0 Å². The van der Waals surface area contributed by atoms with Gasteiger partial charge >= 0.3 is 0 Å². The molecule has 114 valence electrons. The molecule has 0 amide bonds. The SMILES string of the molecule is COc1cc(CNCc2ncc(C)o2)ccc1OC(C)C. The third-order valence-electron chi connectivity index (χ3n) is 2.87. The van der Waals surface area contributed by atoms with Crippen molar-refractivity contribution in [3.63, 3.8) is 0 Å². The van der Waals surface area contributed by atoms with Crippen LogP contribution < -0.4 is 14.8 Å². The van der Waals surface area contributed by atoms with Gasteiger partial charge in [0.25, 0.3) is 0 Å². The highest BCUT2D eigenvalue weighted by Crippen LogP contribution is 2.28. The maximum absolute atomic E-state index is 5.70. The van der Waals surface area contributed by atoms with Crippen LogP contribution >= 0.6 is 0 Å². The first-order chi connectivity index (χ1) is 10.1. The third-order valence-corrected chi connectivity index (χ3v) is 2.87. The van der Waals surface area contributed by atoms with Gasteiger partial charge in [0.05, 0.1) is 26.0 Å². The summed E-state index contributed by atoms with van der Waals surface area (Å²) in [6.45, 7) is 7.18. The third kappa shape index (κ3) is 4.49. The number of methoxy groups -OCH3 is 1. The lowest BCUT2D eigenvalue weighted by molar-refractivity contribution is 0.230. The molecule has 0 bridgehead atoms. The van der Waals surface area contributed by atoms with Crippen molar-refractivity contribution in [2.24, 2.45) is 0 Å². The Morgan fingerprint density at radius 1 is 1.24 bits per heavy atom. The number of aryl methyl sites for hydroxylation is 1. The molecule has 21 heavy (non-hydrogen) atoms. The standard InChI is InChI=1S/C16H22N2O3/c1-11(2)20-14-6-5-13(7-15(14)19-4)9-17-10-16-18-8-12(3)21-16/h5-8,11,17H,9-10H2,1-4H3. The molecule has 0 saturated carbocycles. The van der Waals surface area contributed by atoms with Crippen molar-refractivity contribution in [3.8, 4) is 11.5 Å². The summed E-state index contributed by atoms with van der Waals surface area (Å²) in [5, 5.41) is 3.29. The van der Waals surface area contributed by atoms with Gasteiger partial charge in [0.1, 0.15) is 5.76 Å². The van der Waals surface area contributed by atoms with E-state index in [1.165, 1.54) is 0 Å². The van der Waals surface area contributed by atoms with Crippen LogP contribution in [-0.4, -0.2) is 18.2 Å². The van der Waals surface area contributed by atoms with Crippen molar-refractivity contribution < 1.29 is 13.9 Å². The number of hydrogen-bond donors (Lipinski definition) is 1. The van der Waals surface area contributed by atoms with Gasteiger partial charge in [0.2, 0.25) is 5.89 Å². The number of ether oxygens (including phenoxy) is 2. The van der Waals surface area contributed by atoms with Crippen molar-refractivity contribution in [2.45, 2.75) is 40.0 Å². The Labute approximate surface area is 125 Å². The minimum atomic E-state index is 0.121. The summed E-state index contributed by atoms with van der Waals surface area (Å²) in [6, 6.07) is 5.94. The zero-order valence-electron chi connectivity index (χ0n) is 13.0. The van der Waals surface area contributed by atoms with Crippen LogP contribution in [0, 0.1) is 6.92 Å². The zero-order valence-corrected chi connectivity index (χ0v) is 13.0. The molecule has 2 rings (SSSR count). The fourth-order valence-electron chi connectivity index (χ4n) is 1.97. The van der Waals surface area contributed by atoms with E-state index in [9.17, 15) is 0 Å².